The largest absolute Gasteiger partial charge is 0.469 e. The summed E-state index contributed by atoms with van der Waals surface area (Å²) in [6.07, 6.45) is -0.281. The summed E-state index contributed by atoms with van der Waals surface area (Å²) in [4.78, 5) is 22.4. The Morgan fingerprint density at radius 3 is 2.24 bits per heavy atom. The topological polar surface area (TPSA) is 99.2 Å². The normalized spacial score (nSPS) is 11.4. The van der Waals surface area contributed by atoms with Crippen molar-refractivity contribution < 1.29 is 32.2 Å². The number of hydrogen-bond donors (Lipinski definition) is 0. The van der Waals surface area contributed by atoms with Gasteiger partial charge in [0.2, 0.25) is 10.0 Å². The maximum Gasteiger partial charge on any atom is 0.306 e. The second-order valence-electron chi connectivity index (χ2n) is 4.09. The van der Waals surface area contributed by atoms with Crippen LogP contribution in [0.1, 0.15) is 19.8 Å². The molecule has 0 N–H and O–H groups in total. The van der Waals surface area contributed by atoms with Gasteiger partial charge in [-0.1, -0.05) is 0 Å². The van der Waals surface area contributed by atoms with Gasteiger partial charge < -0.3 is 14.2 Å². The van der Waals surface area contributed by atoms with E-state index in [1.54, 1.807) is 6.92 Å². The average Bonchev–Trinajstić information content (AvgIpc) is 2.45. The Hall–Kier alpha value is -1.19. The predicted molar refractivity (Wildman–Crippen MR) is 75.1 cm³/mol. The van der Waals surface area contributed by atoms with Gasteiger partial charge in [0.05, 0.1) is 38.9 Å². The average molecular weight is 325 g/mol. The second kappa shape index (κ2) is 10.5. The predicted octanol–water partition coefficient (Wildman–Crippen LogP) is -0.219. The van der Waals surface area contributed by atoms with Crippen molar-refractivity contribution in [3.05, 3.63) is 0 Å². The van der Waals surface area contributed by atoms with E-state index in [1.807, 2.05) is 0 Å². The van der Waals surface area contributed by atoms with Crippen molar-refractivity contribution in [2.24, 2.45) is 0 Å². The van der Waals surface area contributed by atoms with Gasteiger partial charge in [0.15, 0.2) is 0 Å². The molecule has 0 atom stereocenters. The number of carbonyl (C=O) groups excluding carboxylic acids is 2. The van der Waals surface area contributed by atoms with Gasteiger partial charge >= 0.3 is 11.9 Å². The van der Waals surface area contributed by atoms with Crippen LogP contribution >= 0.6 is 0 Å². The SMILES string of the molecule is CCOC(=O)CCS(=O)(=O)N(CCOC)CCC(=O)OC. The summed E-state index contributed by atoms with van der Waals surface area (Å²) >= 11 is 0. The highest BCUT2D eigenvalue weighted by molar-refractivity contribution is 7.89. The molecule has 124 valence electrons. The summed E-state index contributed by atoms with van der Waals surface area (Å²) in [6, 6.07) is 0. The van der Waals surface area contributed by atoms with Crippen LogP contribution in [0.3, 0.4) is 0 Å². The number of hydrogen-bond acceptors (Lipinski definition) is 7. The number of sulfonamides is 1. The standard InChI is InChI=1S/C12H23NO7S/c1-4-20-12(15)6-10-21(16,17)13(8-9-18-2)7-5-11(14)19-3/h4-10H2,1-3H3. The summed E-state index contributed by atoms with van der Waals surface area (Å²) in [7, 11) is -0.986. The van der Waals surface area contributed by atoms with E-state index in [2.05, 4.69) is 4.74 Å². The van der Waals surface area contributed by atoms with Gasteiger partial charge in [-0.15, -0.1) is 0 Å². The van der Waals surface area contributed by atoms with Crippen LogP contribution in [-0.4, -0.2) is 70.9 Å². The number of carbonyl (C=O) groups is 2. The van der Waals surface area contributed by atoms with Gasteiger partial charge in [0.25, 0.3) is 0 Å². The summed E-state index contributed by atoms with van der Waals surface area (Å²) in [5.74, 6) is -1.43. The fourth-order valence-corrected chi connectivity index (χ4v) is 2.88. The molecule has 0 unspecified atom stereocenters. The lowest BCUT2D eigenvalue weighted by molar-refractivity contribution is -0.143. The van der Waals surface area contributed by atoms with Crippen LogP contribution in [0.25, 0.3) is 0 Å². The summed E-state index contributed by atoms with van der Waals surface area (Å²) < 4.78 is 39.5. The molecule has 0 bridgehead atoms. The second-order valence-corrected chi connectivity index (χ2v) is 6.18. The Labute approximate surface area is 125 Å². The zero-order valence-electron chi connectivity index (χ0n) is 12.7. The Kier molecular flexibility index (Phi) is 9.93. The third kappa shape index (κ3) is 8.64. The zero-order valence-corrected chi connectivity index (χ0v) is 13.5. The lowest BCUT2D eigenvalue weighted by Gasteiger charge is -2.21. The summed E-state index contributed by atoms with van der Waals surface area (Å²) in [5.41, 5.74) is 0. The Balaban J connectivity index is 4.61. The number of nitrogens with zero attached hydrogens (tertiary/aromatic N) is 1. The smallest absolute Gasteiger partial charge is 0.306 e. The minimum absolute atomic E-state index is 0.0127. The van der Waals surface area contributed by atoms with Crippen LogP contribution < -0.4 is 0 Å². The van der Waals surface area contributed by atoms with Gasteiger partial charge in [-0.05, 0) is 6.92 Å². The van der Waals surface area contributed by atoms with Crippen LogP contribution in [0.2, 0.25) is 0 Å². The monoisotopic (exact) mass is 325 g/mol. The van der Waals surface area contributed by atoms with Crippen LogP contribution in [-0.2, 0) is 33.8 Å². The third-order valence-electron chi connectivity index (χ3n) is 2.60. The molecule has 0 aromatic heterocycles. The molecule has 0 aliphatic rings. The highest BCUT2D eigenvalue weighted by atomic mass is 32.2. The summed E-state index contributed by atoms with van der Waals surface area (Å²) in [6.45, 7) is 2.14. The fourth-order valence-electron chi connectivity index (χ4n) is 1.48. The van der Waals surface area contributed by atoms with E-state index in [0.29, 0.717) is 0 Å². The molecule has 0 amide bonds. The molecular weight excluding hydrogens is 302 g/mol. The van der Waals surface area contributed by atoms with E-state index in [0.717, 1.165) is 4.31 Å². The molecule has 0 spiro atoms. The van der Waals surface area contributed by atoms with Gasteiger partial charge in [0.1, 0.15) is 0 Å². The van der Waals surface area contributed by atoms with Crippen LogP contribution in [0.4, 0.5) is 0 Å². The highest BCUT2D eigenvalue weighted by Gasteiger charge is 2.23. The van der Waals surface area contributed by atoms with E-state index < -0.39 is 22.0 Å². The first-order chi connectivity index (χ1) is 9.87. The molecule has 0 fully saturated rings. The first-order valence-corrected chi connectivity index (χ1v) is 8.17. The van der Waals surface area contributed by atoms with Crippen LogP contribution in [0.15, 0.2) is 0 Å². The molecule has 0 aliphatic heterocycles. The summed E-state index contributed by atoms with van der Waals surface area (Å²) in [5, 5.41) is 0. The van der Waals surface area contributed by atoms with Gasteiger partial charge in [0, 0.05) is 20.2 Å². The number of esters is 2. The molecule has 0 aromatic rings. The number of rotatable bonds is 11. The van der Waals surface area contributed by atoms with Crippen molar-refractivity contribution in [3.63, 3.8) is 0 Å². The molecule has 0 radical (unpaired) electrons. The lowest BCUT2D eigenvalue weighted by Crippen LogP contribution is -2.37. The highest BCUT2D eigenvalue weighted by Crippen LogP contribution is 2.06. The van der Waals surface area contributed by atoms with Crippen molar-refractivity contribution in [2.45, 2.75) is 19.8 Å². The quantitative estimate of drug-likeness (QED) is 0.484. The van der Waals surface area contributed by atoms with E-state index >= 15 is 0 Å². The van der Waals surface area contributed by atoms with Crippen LogP contribution in [0, 0.1) is 0 Å². The van der Waals surface area contributed by atoms with Crippen molar-refractivity contribution in [1.29, 1.82) is 0 Å². The molecular formula is C12H23NO7S. The lowest BCUT2D eigenvalue weighted by atomic mass is 10.4. The van der Waals surface area contributed by atoms with E-state index in [1.165, 1.54) is 14.2 Å². The molecule has 9 heteroatoms. The first kappa shape index (κ1) is 19.8. The molecule has 21 heavy (non-hydrogen) atoms. The minimum atomic E-state index is -3.67. The third-order valence-corrected chi connectivity index (χ3v) is 4.47. The molecule has 0 aromatic carbocycles. The van der Waals surface area contributed by atoms with E-state index in [4.69, 9.17) is 9.47 Å². The van der Waals surface area contributed by atoms with Crippen molar-refractivity contribution in [1.82, 2.24) is 4.31 Å². The fraction of sp³-hybridized carbons (Fsp3) is 0.833. The molecule has 0 aliphatic carbocycles. The molecule has 0 rings (SSSR count). The van der Waals surface area contributed by atoms with Crippen molar-refractivity contribution in [3.8, 4) is 0 Å². The number of methoxy groups -OCH3 is 2. The number of ether oxygens (including phenoxy) is 3. The first-order valence-electron chi connectivity index (χ1n) is 6.56. The minimum Gasteiger partial charge on any atom is -0.469 e. The molecule has 8 nitrogen and oxygen atoms in total. The molecule has 0 saturated carbocycles. The Bertz CT molecular complexity index is 421. The van der Waals surface area contributed by atoms with Gasteiger partial charge in [-0.25, -0.2) is 8.42 Å². The maximum atomic E-state index is 12.2. The van der Waals surface area contributed by atoms with Gasteiger partial charge in [-0.3, -0.25) is 9.59 Å². The Morgan fingerprint density at radius 1 is 1.05 bits per heavy atom. The molecule has 0 heterocycles. The van der Waals surface area contributed by atoms with Crippen molar-refractivity contribution >= 4 is 22.0 Å². The maximum absolute atomic E-state index is 12.2. The zero-order chi connectivity index (χ0) is 16.3. The Morgan fingerprint density at radius 2 is 1.71 bits per heavy atom. The van der Waals surface area contributed by atoms with E-state index in [-0.39, 0.29) is 44.9 Å². The van der Waals surface area contributed by atoms with Crippen LogP contribution in [0.5, 0.6) is 0 Å². The van der Waals surface area contributed by atoms with Gasteiger partial charge in [-0.2, -0.15) is 4.31 Å². The molecule has 0 saturated heterocycles. The van der Waals surface area contributed by atoms with E-state index in [9.17, 15) is 18.0 Å². The van der Waals surface area contributed by atoms with Crippen molar-refractivity contribution in [2.75, 3.05) is 46.3 Å².